The third kappa shape index (κ3) is 6.76. The Hall–Kier alpha value is -3.95. The highest BCUT2D eigenvalue weighted by Gasteiger charge is 2.19. The molecule has 0 unspecified atom stereocenters. The highest BCUT2D eigenvalue weighted by Crippen LogP contribution is 2.28. The van der Waals surface area contributed by atoms with Gasteiger partial charge in [-0.3, -0.25) is 14.4 Å². The maximum atomic E-state index is 13.6. The number of anilines is 1. The number of halogens is 1. The summed E-state index contributed by atoms with van der Waals surface area (Å²) in [5.74, 6) is -2.01. The zero-order chi connectivity index (χ0) is 23.6. The molecule has 10 heteroatoms. The lowest BCUT2D eigenvalue weighted by molar-refractivity contribution is -0.136. The van der Waals surface area contributed by atoms with Gasteiger partial charge in [-0.05, 0) is 55.7 Å². The molecule has 0 radical (unpaired) electrons. The number of nitrogens with zero attached hydrogens (tertiary/aromatic N) is 2. The van der Waals surface area contributed by atoms with Crippen LogP contribution >= 0.6 is 0 Å². The summed E-state index contributed by atoms with van der Waals surface area (Å²) in [4.78, 5) is 37.7. The molecular formula is C23H25FN4O5. The number of para-hydroxylation sites is 1. The SMILES string of the molecule is CCOc1cc(/C=N\NC(=O)C(=O)Nc2ccccc2F)ccc1OCC(=O)N1CCCC1. The zero-order valence-electron chi connectivity index (χ0n) is 18.2. The second-order valence-corrected chi connectivity index (χ2v) is 7.15. The summed E-state index contributed by atoms with van der Waals surface area (Å²) >= 11 is 0. The molecule has 33 heavy (non-hydrogen) atoms. The van der Waals surface area contributed by atoms with Crippen LogP contribution in [0, 0.1) is 5.82 Å². The van der Waals surface area contributed by atoms with Gasteiger partial charge >= 0.3 is 11.8 Å². The van der Waals surface area contributed by atoms with Crippen LogP contribution in [0.15, 0.2) is 47.6 Å². The number of likely N-dealkylation sites (tertiary alicyclic amines) is 1. The van der Waals surface area contributed by atoms with Crippen molar-refractivity contribution in [3.63, 3.8) is 0 Å². The van der Waals surface area contributed by atoms with Crippen LogP contribution in [0.2, 0.25) is 0 Å². The molecule has 1 aliphatic rings. The maximum Gasteiger partial charge on any atom is 0.329 e. The van der Waals surface area contributed by atoms with E-state index >= 15 is 0 Å². The van der Waals surface area contributed by atoms with Gasteiger partial charge in [0.1, 0.15) is 5.82 Å². The Kier molecular flexibility index (Phi) is 8.34. The van der Waals surface area contributed by atoms with Crippen molar-refractivity contribution in [3.8, 4) is 11.5 Å². The highest BCUT2D eigenvalue weighted by molar-refractivity contribution is 6.39. The molecule has 0 aliphatic carbocycles. The van der Waals surface area contributed by atoms with Crippen LogP contribution in [0.5, 0.6) is 11.5 Å². The van der Waals surface area contributed by atoms with Crippen molar-refractivity contribution in [1.29, 1.82) is 0 Å². The van der Waals surface area contributed by atoms with E-state index < -0.39 is 17.6 Å². The van der Waals surface area contributed by atoms with Gasteiger partial charge < -0.3 is 19.7 Å². The molecular weight excluding hydrogens is 431 g/mol. The standard InChI is InChI=1S/C23H25FN4O5/c1-2-32-20-13-16(9-10-19(20)33-15-21(29)28-11-5-6-12-28)14-25-27-23(31)22(30)26-18-8-4-3-7-17(18)24/h3-4,7-10,13-14H,2,5-6,11-12,15H2,1H3,(H,26,30)(H,27,31)/b25-14-. The number of carbonyl (C=O) groups excluding carboxylic acids is 3. The molecule has 3 rings (SSSR count). The van der Waals surface area contributed by atoms with E-state index in [2.05, 4.69) is 15.8 Å². The smallest absolute Gasteiger partial charge is 0.329 e. The molecule has 9 nitrogen and oxygen atoms in total. The fourth-order valence-corrected chi connectivity index (χ4v) is 3.15. The van der Waals surface area contributed by atoms with Crippen LogP contribution in [0.4, 0.5) is 10.1 Å². The van der Waals surface area contributed by atoms with E-state index in [0.717, 1.165) is 32.0 Å². The molecule has 0 atom stereocenters. The second kappa shape index (κ2) is 11.6. The van der Waals surface area contributed by atoms with Gasteiger partial charge in [0, 0.05) is 13.1 Å². The lowest BCUT2D eigenvalue weighted by atomic mass is 10.2. The Morgan fingerprint density at radius 3 is 2.55 bits per heavy atom. The molecule has 1 heterocycles. The number of rotatable bonds is 8. The van der Waals surface area contributed by atoms with Crippen molar-refractivity contribution in [2.45, 2.75) is 19.8 Å². The molecule has 2 aromatic rings. The molecule has 174 valence electrons. The quantitative estimate of drug-likeness (QED) is 0.360. The first-order chi connectivity index (χ1) is 16.0. The van der Waals surface area contributed by atoms with Crippen LogP contribution < -0.4 is 20.2 Å². The van der Waals surface area contributed by atoms with E-state index in [0.29, 0.717) is 23.7 Å². The number of hydrogen-bond acceptors (Lipinski definition) is 6. The fourth-order valence-electron chi connectivity index (χ4n) is 3.15. The number of hydrogen-bond donors (Lipinski definition) is 2. The van der Waals surface area contributed by atoms with Gasteiger partial charge in [-0.1, -0.05) is 12.1 Å². The van der Waals surface area contributed by atoms with Crippen molar-refractivity contribution < 1.29 is 28.2 Å². The van der Waals surface area contributed by atoms with Crippen LogP contribution in [0.25, 0.3) is 0 Å². The van der Waals surface area contributed by atoms with E-state index in [1.807, 2.05) is 6.92 Å². The fraction of sp³-hybridized carbons (Fsp3) is 0.304. The summed E-state index contributed by atoms with van der Waals surface area (Å²) in [6.45, 7) is 3.61. The van der Waals surface area contributed by atoms with Crippen molar-refractivity contribution in [2.75, 3.05) is 31.6 Å². The van der Waals surface area contributed by atoms with E-state index in [9.17, 15) is 18.8 Å². The monoisotopic (exact) mass is 456 g/mol. The number of carbonyl (C=O) groups is 3. The minimum absolute atomic E-state index is 0.0723. The lowest BCUT2D eigenvalue weighted by Gasteiger charge is -2.17. The number of benzene rings is 2. The average Bonchev–Trinajstić information content (AvgIpc) is 3.35. The van der Waals surface area contributed by atoms with Crippen LogP contribution in [0.1, 0.15) is 25.3 Å². The van der Waals surface area contributed by atoms with E-state index in [-0.39, 0.29) is 18.2 Å². The predicted molar refractivity (Wildman–Crippen MR) is 120 cm³/mol. The molecule has 2 N–H and O–H groups in total. The van der Waals surface area contributed by atoms with Crippen molar-refractivity contribution in [2.24, 2.45) is 5.10 Å². The molecule has 0 spiro atoms. The first kappa shape index (κ1) is 23.7. The Morgan fingerprint density at radius 2 is 1.82 bits per heavy atom. The molecule has 1 aliphatic heterocycles. The third-order valence-corrected chi connectivity index (χ3v) is 4.79. The lowest BCUT2D eigenvalue weighted by Crippen LogP contribution is -2.32. The number of amides is 3. The highest BCUT2D eigenvalue weighted by atomic mass is 19.1. The van der Waals surface area contributed by atoms with E-state index in [4.69, 9.17) is 9.47 Å². The van der Waals surface area contributed by atoms with Gasteiger partial charge in [0.05, 0.1) is 18.5 Å². The normalized spacial score (nSPS) is 13.1. The molecule has 1 fully saturated rings. The minimum Gasteiger partial charge on any atom is -0.490 e. The molecule has 0 aromatic heterocycles. The van der Waals surface area contributed by atoms with Gasteiger partial charge in [-0.15, -0.1) is 0 Å². The Balaban J connectivity index is 1.56. The topological polar surface area (TPSA) is 109 Å². The van der Waals surface area contributed by atoms with Gasteiger partial charge in [0.25, 0.3) is 5.91 Å². The summed E-state index contributed by atoms with van der Waals surface area (Å²) in [6, 6.07) is 10.4. The number of nitrogens with one attached hydrogen (secondary N) is 2. The van der Waals surface area contributed by atoms with Gasteiger partial charge in [0.15, 0.2) is 18.1 Å². The molecule has 0 saturated carbocycles. The Morgan fingerprint density at radius 1 is 1.06 bits per heavy atom. The number of ether oxygens (including phenoxy) is 2. The Labute approximate surface area is 190 Å². The summed E-state index contributed by atoms with van der Waals surface area (Å²) in [6.07, 6.45) is 3.33. The van der Waals surface area contributed by atoms with E-state index in [1.54, 1.807) is 23.1 Å². The van der Waals surface area contributed by atoms with Crippen LogP contribution in [-0.2, 0) is 14.4 Å². The minimum atomic E-state index is -1.06. The van der Waals surface area contributed by atoms with Crippen molar-refractivity contribution >= 4 is 29.6 Å². The van der Waals surface area contributed by atoms with E-state index in [1.165, 1.54) is 24.4 Å². The Bertz CT molecular complexity index is 1040. The zero-order valence-corrected chi connectivity index (χ0v) is 18.2. The summed E-state index contributed by atoms with van der Waals surface area (Å²) in [5, 5.41) is 5.92. The summed E-state index contributed by atoms with van der Waals surface area (Å²) in [5.41, 5.74) is 2.53. The predicted octanol–water partition coefficient (Wildman–Crippen LogP) is 2.31. The third-order valence-electron chi connectivity index (χ3n) is 4.79. The first-order valence-corrected chi connectivity index (χ1v) is 10.5. The summed E-state index contributed by atoms with van der Waals surface area (Å²) in [7, 11) is 0. The average molecular weight is 456 g/mol. The largest absolute Gasteiger partial charge is 0.490 e. The first-order valence-electron chi connectivity index (χ1n) is 10.5. The molecule has 2 aromatic carbocycles. The van der Waals surface area contributed by atoms with Gasteiger partial charge in [-0.2, -0.15) is 5.10 Å². The van der Waals surface area contributed by atoms with Gasteiger partial charge in [0.2, 0.25) is 0 Å². The maximum absolute atomic E-state index is 13.6. The van der Waals surface area contributed by atoms with Crippen molar-refractivity contribution in [3.05, 3.63) is 53.8 Å². The summed E-state index contributed by atoms with van der Waals surface area (Å²) < 4.78 is 24.8. The second-order valence-electron chi connectivity index (χ2n) is 7.15. The molecule has 3 amide bonds. The number of hydrazone groups is 1. The van der Waals surface area contributed by atoms with Crippen LogP contribution in [-0.4, -0.2) is 55.1 Å². The van der Waals surface area contributed by atoms with Gasteiger partial charge in [-0.25, -0.2) is 9.82 Å². The molecule has 0 bridgehead atoms. The van der Waals surface area contributed by atoms with Crippen molar-refractivity contribution in [1.82, 2.24) is 10.3 Å². The molecule has 1 saturated heterocycles. The van der Waals surface area contributed by atoms with Crippen LogP contribution in [0.3, 0.4) is 0 Å².